The zero-order valence-electron chi connectivity index (χ0n) is 9.37. The van der Waals surface area contributed by atoms with Crippen molar-refractivity contribution >= 4 is 0 Å². The van der Waals surface area contributed by atoms with Crippen LogP contribution < -0.4 is 5.32 Å². The lowest BCUT2D eigenvalue weighted by Gasteiger charge is -2.37. The Bertz CT molecular complexity index is 351. The minimum atomic E-state index is -4.23. The van der Waals surface area contributed by atoms with Crippen LogP contribution >= 0.6 is 0 Å². The van der Waals surface area contributed by atoms with Gasteiger partial charge in [0.25, 0.3) is 0 Å². The maximum Gasteiger partial charge on any atom is 0.460 e. The largest absolute Gasteiger partial charge is 0.460 e. The highest BCUT2D eigenvalue weighted by Gasteiger charge is 2.42. The van der Waals surface area contributed by atoms with Crippen molar-refractivity contribution in [3.8, 4) is 0 Å². The van der Waals surface area contributed by atoms with E-state index in [0.717, 1.165) is 5.56 Å². The standard InChI is InChI=1S/C12H15F3N2/c13-12(14,15)17-7-6-16-9-11(17)8-10-4-2-1-3-5-10/h1-5,11,16H,6-9H2. The molecule has 0 aliphatic carbocycles. The van der Waals surface area contributed by atoms with Crippen LogP contribution in [-0.4, -0.2) is 36.9 Å². The molecule has 0 aromatic heterocycles. The summed E-state index contributed by atoms with van der Waals surface area (Å²) >= 11 is 0. The molecule has 0 amide bonds. The van der Waals surface area contributed by atoms with Crippen LogP contribution in [0.3, 0.4) is 0 Å². The van der Waals surface area contributed by atoms with E-state index in [1.165, 1.54) is 0 Å². The molecule has 0 bridgehead atoms. The van der Waals surface area contributed by atoms with Crippen LogP contribution in [0.2, 0.25) is 0 Å². The molecule has 0 spiro atoms. The van der Waals surface area contributed by atoms with Gasteiger partial charge in [0.15, 0.2) is 0 Å². The molecule has 94 valence electrons. The predicted octanol–water partition coefficient (Wildman–Crippen LogP) is 2.02. The van der Waals surface area contributed by atoms with Crippen LogP contribution in [0.1, 0.15) is 5.56 Å². The van der Waals surface area contributed by atoms with Crippen molar-refractivity contribution in [3.05, 3.63) is 35.9 Å². The van der Waals surface area contributed by atoms with E-state index in [4.69, 9.17) is 0 Å². The second-order valence-electron chi connectivity index (χ2n) is 4.21. The van der Waals surface area contributed by atoms with Gasteiger partial charge in [-0.15, -0.1) is 0 Å². The number of nitrogens with zero attached hydrogens (tertiary/aromatic N) is 1. The third kappa shape index (κ3) is 3.20. The first-order chi connectivity index (χ1) is 8.07. The molecule has 2 nitrogen and oxygen atoms in total. The zero-order chi connectivity index (χ0) is 12.3. The van der Waals surface area contributed by atoms with E-state index in [9.17, 15) is 13.2 Å². The molecule has 0 radical (unpaired) electrons. The van der Waals surface area contributed by atoms with Gasteiger partial charge in [-0.2, -0.15) is 13.2 Å². The number of piperazine rings is 1. The Balaban J connectivity index is 2.07. The molecule has 0 saturated carbocycles. The van der Waals surface area contributed by atoms with Crippen molar-refractivity contribution < 1.29 is 13.2 Å². The molecule has 1 fully saturated rings. The van der Waals surface area contributed by atoms with Gasteiger partial charge in [-0.1, -0.05) is 30.3 Å². The van der Waals surface area contributed by atoms with Gasteiger partial charge < -0.3 is 5.32 Å². The van der Waals surface area contributed by atoms with Crippen molar-refractivity contribution in [2.75, 3.05) is 19.6 Å². The molecule has 2 rings (SSSR count). The number of rotatable bonds is 2. The monoisotopic (exact) mass is 244 g/mol. The van der Waals surface area contributed by atoms with Gasteiger partial charge in [-0.05, 0) is 12.0 Å². The molecular weight excluding hydrogens is 229 g/mol. The molecule has 1 aromatic rings. The quantitative estimate of drug-likeness (QED) is 0.801. The molecule has 1 saturated heterocycles. The average Bonchev–Trinajstić information content (AvgIpc) is 2.30. The predicted molar refractivity (Wildman–Crippen MR) is 59.6 cm³/mol. The fourth-order valence-electron chi connectivity index (χ4n) is 2.16. The molecule has 1 heterocycles. The second kappa shape index (κ2) is 5.06. The van der Waals surface area contributed by atoms with Crippen LogP contribution in [0.25, 0.3) is 0 Å². The summed E-state index contributed by atoms with van der Waals surface area (Å²) in [6.07, 6.45) is -3.81. The Hall–Kier alpha value is -1.07. The van der Waals surface area contributed by atoms with Crippen LogP contribution in [0.5, 0.6) is 0 Å². The van der Waals surface area contributed by atoms with Crippen LogP contribution in [0.4, 0.5) is 13.2 Å². The highest BCUT2D eigenvalue weighted by Crippen LogP contribution is 2.26. The van der Waals surface area contributed by atoms with Crippen molar-refractivity contribution in [2.45, 2.75) is 18.8 Å². The van der Waals surface area contributed by atoms with Gasteiger partial charge in [-0.3, -0.25) is 0 Å². The van der Waals surface area contributed by atoms with Crippen LogP contribution in [0, 0.1) is 0 Å². The minimum Gasteiger partial charge on any atom is -0.314 e. The lowest BCUT2D eigenvalue weighted by atomic mass is 10.0. The molecule has 1 aliphatic rings. The summed E-state index contributed by atoms with van der Waals surface area (Å²) in [5.41, 5.74) is 0.940. The topological polar surface area (TPSA) is 15.3 Å². The second-order valence-corrected chi connectivity index (χ2v) is 4.21. The summed E-state index contributed by atoms with van der Waals surface area (Å²) in [7, 11) is 0. The summed E-state index contributed by atoms with van der Waals surface area (Å²) in [4.78, 5) is 0.635. The molecule has 1 aromatic carbocycles. The zero-order valence-corrected chi connectivity index (χ0v) is 9.37. The number of hydrogen-bond donors (Lipinski definition) is 1. The Labute approximate surface area is 98.4 Å². The van der Waals surface area contributed by atoms with Gasteiger partial charge in [0.1, 0.15) is 0 Å². The summed E-state index contributed by atoms with van der Waals surface area (Å²) in [6, 6.07) is 8.79. The lowest BCUT2D eigenvalue weighted by Crippen LogP contribution is -2.57. The number of halogens is 3. The number of alkyl halides is 3. The Morgan fingerprint density at radius 1 is 1.24 bits per heavy atom. The summed E-state index contributed by atoms with van der Waals surface area (Å²) < 4.78 is 38.4. The maximum absolute atomic E-state index is 12.8. The molecular formula is C12H15F3N2. The minimum absolute atomic E-state index is 0.0288. The van der Waals surface area contributed by atoms with E-state index in [2.05, 4.69) is 5.32 Å². The van der Waals surface area contributed by atoms with E-state index in [0.29, 0.717) is 24.4 Å². The number of hydrogen-bond acceptors (Lipinski definition) is 2. The summed E-state index contributed by atoms with van der Waals surface area (Å²) in [5.74, 6) is 0. The highest BCUT2D eigenvalue weighted by atomic mass is 19.4. The molecule has 17 heavy (non-hydrogen) atoms. The molecule has 1 unspecified atom stereocenters. The van der Waals surface area contributed by atoms with Crippen LogP contribution in [0.15, 0.2) is 30.3 Å². The molecule has 1 atom stereocenters. The first kappa shape index (κ1) is 12.4. The Kier molecular flexibility index (Phi) is 3.69. The number of benzene rings is 1. The highest BCUT2D eigenvalue weighted by molar-refractivity contribution is 5.16. The Morgan fingerprint density at radius 2 is 1.94 bits per heavy atom. The van der Waals surface area contributed by atoms with Gasteiger partial charge in [0, 0.05) is 25.7 Å². The fraction of sp³-hybridized carbons (Fsp3) is 0.500. The third-order valence-corrected chi connectivity index (χ3v) is 2.99. The van der Waals surface area contributed by atoms with Crippen LogP contribution in [-0.2, 0) is 6.42 Å². The lowest BCUT2D eigenvalue weighted by molar-refractivity contribution is -0.261. The van der Waals surface area contributed by atoms with Crippen molar-refractivity contribution in [1.82, 2.24) is 10.2 Å². The number of nitrogens with one attached hydrogen (secondary N) is 1. The fourth-order valence-corrected chi connectivity index (χ4v) is 2.16. The summed E-state index contributed by atoms with van der Waals surface area (Å²) in [5, 5.41) is 3.02. The van der Waals surface area contributed by atoms with Gasteiger partial charge in [-0.25, -0.2) is 4.90 Å². The van der Waals surface area contributed by atoms with E-state index >= 15 is 0 Å². The van der Waals surface area contributed by atoms with Crippen molar-refractivity contribution in [1.29, 1.82) is 0 Å². The molecule has 1 N–H and O–H groups in total. The maximum atomic E-state index is 12.8. The van der Waals surface area contributed by atoms with E-state index in [1.807, 2.05) is 30.3 Å². The van der Waals surface area contributed by atoms with Gasteiger partial charge in [0.05, 0.1) is 0 Å². The first-order valence-corrected chi connectivity index (χ1v) is 5.65. The first-order valence-electron chi connectivity index (χ1n) is 5.65. The third-order valence-electron chi connectivity index (χ3n) is 2.99. The van der Waals surface area contributed by atoms with E-state index in [1.54, 1.807) is 0 Å². The normalized spacial score (nSPS) is 22.6. The average molecular weight is 244 g/mol. The van der Waals surface area contributed by atoms with Gasteiger partial charge >= 0.3 is 6.30 Å². The van der Waals surface area contributed by atoms with Crippen molar-refractivity contribution in [3.63, 3.8) is 0 Å². The summed E-state index contributed by atoms with van der Waals surface area (Å²) in [6.45, 7) is 0.806. The molecule has 1 aliphatic heterocycles. The SMILES string of the molecule is FC(F)(F)N1CCNCC1Cc1ccccc1. The van der Waals surface area contributed by atoms with Crippen molar-refractivity contribution in [2.24, 2.45) is 0 Å². The van der Waals surface area contributed by atoms with E-state index < -0.39 is 12.3 Å². The Morgan fingerprint density at radius 3 is 2.59 bits per heavy atom. The molecule has 5 heteroatoms. The smallest absolute Gasteiger partial charge is 0.314 e. The van der Waals surface area contributed by atoms with Gasteiger partial charge in [0.2, 0.25) is 0 Å². The van der Waals surface area contributed by atoms with E-state index in [-0.39, 0.29) is 6.54 Å².